The summed E-state index contributed by atoms with van der Waals surface area (Å²) in [6, 6.07) is 18.5. The molecule has 0 bridgehead atoms. The summed E-state index contributed by atoms with van der Waals surface area (Å²) in [5.41, 5.74) is 6.89. The minimum Gasteiger partial charge on any atom is -0.493 e. The van der Waals surface area contributed by atoms with Gasteiger partial charge in [-0.2, -0.15) is 0 Å². The SMILES string of the molecule is COc1cc2c(cc1OC)[C@@H](COc1cc(C)cc(C)c1)N(C(=S)Nc1ccccc1C)CC2. The summed E-state index contributed by atoms with van der Waals surface area (Å²) in [6.45, 7) is 7.48. The van der Waals surface area contributed by atoms with E-state index in [0.717, 1.165) is 41.3 Å². The van der Waals surface area contributed by atoms with Gasteiger partial charge in [-0.3, -0.25) is 0 Å². The number of aryl methyl sites for hydroxylation is 3. The first-order valence-electron chi connectivity index (χ1n) is 11.5. The number of anilines is 1. The third kappa shape index (κ3) is 5.12. The van der Waals surface area contributed by atoms with Gasteiger partial charge in [-0.1, -0.05) is 24.3 Å². The normalized spacial score (nSPS) is 14.9. The van der Waals surface area contributed by atoms with Crippen LogP contribution in [0.3, 0.4) is 0 Å². The highest BCUT2D eigenvalue weighted by atomic mass is 32.1. The maximum absolute atomic E-state index is 6.35. The van der Waals surface area contributed by atoms with Crippen molar-refractivity contribution in [1.29, 1.82) is 0 Å². The van der Waals surface area contributed by atoms with E-state index in [1.54, 1.807) is 14.2 Å². The Balaban J connectivity index is 1.67. The molecule has 1 N–H and O–H groups in total. The average molecular weight is 477 g/mol. The Hall–Kier alpha value is -3.25. The Morgan fingerprint density at radius 3 is 2.32 bits per heavy atom. The highest BCUT2D eigenvalue weighted by molar-refractivity contribution is 7.80. The van der Waals surface area contributed by atoms with Crippen LogP contribution in [-0.2, 0) is 6.42 Å². The largest absolute Gasteiger partial charge is 0.493 e. The lowest BCUT2D eigenvalue weighted by atomic mass is 9.92. The van der Waals surface area contributed by atoms with Crippen LogP contribution in [0.5, 0.6) is 17.2 Å². The molecule has 5 nitrogen and oxygen atoms in total. The highest BCUT2D eigenvalue weighted by Crippen LogP contribution is 2.39. The summed E-state index contributed by atoms with van der Waals surface area (Å²) < 4.78 is 17.5. The highest BCUT2D eigenvalue weighted by Gasteiger charge is 2.31. The Bertz CT molecular complexity index is 1170. The minimum atomic E-state index is -0.0756. The predicted molar refractivity (Wildman–Crippen MR) is 142 cm³/mol. The molecule has 1 atom stereocenters. The molecule has 0 aromatic heterocycles. The molecule has 0 unspecified atom stereocenters. The van der Waals surface area contributed by atoms with E-state index >= 15 is 0 Å². The maximum atomic E-state index is 6.35. The summed E-state index contributed by atoms with van der Waals surface area (Å²) in [7, 11) is 3.33. The Morgan fingerprint density at radius 2 is 1.65 bits per heavy atom. The number of fused-ring (bicyclic) bond motifs is 1. The zero-order chi connectivity index (χ0) is 24.2. The standard InChI is InChI=1S/C28H32N2O3S/c1-18-12-19(2)14-22(13-18)33-17-25-23-16-27(32-5)26(31-4)15-21(23)10-11-30(25)28(34)29-24-9-7-6-8-20(24)3/h6-9,12-16,25H,10-11,17H2,1-5H3,(H,29,34)/t25-/m1/s1. The van der Waals surface area contributed by atoms with Crippen LogP contribution < -0.4 is 19.5 Å². The lowest BCUT2D eigenvalue weighted by Crippen LogP contribution is -2.44. The first-order chi connectivity index (χ1) is 16.4. The number of nitrogens with one attached hydrogen (secondary N) is 1. The molecule has 0 radical (unpaired) electrons. The number of hydrogen-bond acceptors (Lipinski definition) is 4. The van der Waals surface area contributed by atoms with Gasteiger partial charge >= 0.3 is 0 Å². The van der Waals surface area contributed by atoms with Gasteiger partial charge in [0.25, 0.3) is 0 Å². The van der Waals surface area contributed by atoms with Crippen molar-refractivity contribution >= 4 is 23.0 Å². The molecular formula is C28H32N2O3S. The van der Waals surface area contributed by atoms with Gasteiger partial charge in [-0.25, -0.2) is 0 Å². The van der Waals surface area contributed by atoms with Crippen molar-refractivity contribution in [2.45, 2.75) is 33.2 Å². The van der Waals surface area contributed by atoms with Crippen LogP contribution >= 0.6 is 12.2 Å². The number of ether oxygens (including phenoxy) is 3. The molecule has 1 aliphatic rings. The van der Waals surface area contributed by atoms with Crippen molar-refractivity contribution in [3.63, 3.8) is 0 Å². The van der Waals surface area contributed by atoms with E-state index in [1.165, 1.54) is 16.7 Å². The van der Waals surface area contributed by atoms with E-state index in [2.05, 4.69) is 73.5 Å². The first-order valence-corrected chi connectivity index (χ1v) is 11.9. The molecule has 3 aromatic carbocycles. The quantitative estimate of drug-likeness (QED) is 0.440. The monoisotopic (exact) mass is 476 g/mol. The summed E-state index contributed by atoms with van der Waals surface area (Å²) in [6.07, 6.45) is 0.853. The molecule has 178 valence electrons. The van der Waals surface area contributed by atoms with Gasteiger partial charge in [-0.05, 0) is 97.6 Å². The van der Waals surface area contributed by atoms with E-state index in [-0.39, 0.29) is 6.04 Å². The minimum absolute atomic E-state index is 0.0756. The van der Waals surface area contributed by atoms with Gasteiger partial charge in [-0.15, -0.1) is 0 Å². The molecule has 34 heavy (non-hydrogen) atoms. The number of methoxy groups -OCH3 is 2. The van der Waals surface area contributed by atoms with Crippen molar-refractivity contribution < 1.29 is 14.2 Å². The fourth-order valence-corrected chi connectivity index (χ4v) is 4.87. The number of nitrogens with zero attached hydrogens (tertiary/aromatic N) is 1. The summed E-state index contributed by atoms with van der Waals surface area (Å²) in [5, 5.41) is 4.14. The van der Waals surface area contributed by atoms with Crippen molar-refractivity contribution in [1.82, 2.24) is 4.90 Å². The molecule has 3 aromatic rings. The molecule has 0 amide bonds. The van der Waals surface area contributed by atoms with Crippen LogP contribution in [0.2, 0.25) is 0 Å². The van der Waals surface area contributed by atoms with Crippen LogP contribution in [0, 0.1) is 20.8 Å². The van der Waals surface area contributed by atoms with Crippen LogP contribution in [0.1, 0.15) is 33.9 Å². The number of para-hydroxylation sites is 1. The van der Waals surface area contributed by atoms with Crippen molar-refractivity contribution in [3.05, 3.63) is 82.4 Å². The van der Waals surface area contributed by atoms with Gasteiger partial charge in [0.05, 0.1) is 20.3 Å². The smallest absolute Gasteiger partial charge is 0.174 e. The molecule has 1 heterocycles. The second-order valence-electron chi connectivity index (χ2n) is 8.74. The molecule has 0 saturated heterocycles. The van der Waals surface area contributed by atoms with E-state index in [0.29, 0.717) is 17.5 Å². The zero-order valence-electron chi connectivity index (χ0n) is 20.5. The summed E-state index contributed by atoms with van der Waals surface area (Å²) in [5.74, 6) is 2.31. The number of hydrogen-bond donors (Lipinski definition) is 1. The van der Waals surface area contributed by atoms with Gasteiger partial charge in [0.2, 0.25) is 0 Å². The second-order valence-corrected chi connectivity index (χ2v) is 9.13. The van der Waals surface area contributed by atoms with Gasteiger partial charge in [0.1, 0.15) is 12.4 Å². The third-order valence-electron chi connectivity index (χ3n) is 6.25. The first kappa shape index (κ1) is 23.9. The van der Waals surface area contributed by atoms with Gasteiger partial charge in [0.15, 0.2) is 16.6 Å². The predicted octanol–water partition coefficient (Wildman–Crippen LogP) is 6.00. The van der Waals surface area contributed by atoms with E-state index < -0.39 is 0 Å². The van der Waals surface area contributed by atoms with Crippen molar-refractivity contribution in [2.24, 2.45) is 0 Å². The second kappa shape index (κ2) is 10.3. The molecule has 0 saturated carbocycles. The maximum Gasteiger partial charge on any atom is 0.174 e. The van der Waals surface area contributed by atoms with E-state index in [4.69, 9.17) is 26.4 Å². The van der Waals surface area contributed by atoms with Crippen molar-refractivity contribution in [3.8, 4) is 17.2 Å². The number of rotatable bonds is 6. The summed E-state index contributed by atoms with van der Waals surface area (Å²) in [4.78, 5) is 2.22. The zero-order valence-corrected chi connectivity index (χ0v) is 21.3. The topological polar surface area (TPSA) is 43.0 Å². The Kier molecular flexibility index (Phi) is 7.27. The van der Waals surface area contributed by atoms with Gasteiger partial charge in [0, 0.05) is 12.2 Å². The molecule has 6 heteroatoms. The summed E-state index contributed by atoms with van der Waals surface area (Å²) >= 11 is 5.91. The number of thiocarbonyl (C=S) groups is 1. The van der Waals surface area contributed by atoms with E-state index in [9.17, 15) is 0 Å². The molecule has 1 aliphatic heterocycles. The van der Waals surface area contributed by atoms with Crippen molar-refractivity contribution in [2.75, 3.05) is 32.7 Å². The fourth-order valence-electron chi connectivity index (χ4n) is 4.54. The third-order valence-corrected chi connectivity index (χ3v) is 6.59. The molecule has 4 rings (SSSR count). The number of benzene rings is 3. The van der Waals surface area contributed by atoms with Gasteiger partial charge < -0.3 is 24.4 Å². The lowest BCUT2D eigenvalue weighted by molar-refractivity contribution is 0.190. The molecule has 0 aliphatic carbocycles. The van der Waals surface area contributed by atoms with Crippen LogP contribution in [0.15, 0.2) is 54.6 Å². The van der Waals surface area contributed by atoms with E-state index in [1.807, 2.05) is 12.1 Å². The van der Waals surface area contributed by atoms with Crippen LogP contribution in [-0.4, -0.2) is 37.4 Å². The molecule has 0 spiro atoms. The van der Waals surface area contributed by atoms with Crippen LogP contribution in [0.25, 0.3) is 0 Å². The van der Waals surface area contributed by atoms with Crippen LogP contribution in [0.4, 0.5) is 5.69 Å². The fraction of sp³-hybridized carbons (Fsp3) is 0.321. The Labute approximate surface area is 207 Å². The Morgan fingerprint density at radius 1 is 0.971 bits per heavy atom. The molecular weight excluding hydrogens is 444 g/mol. The lowest BCUT2D eigenvalue weighted by Gasteiger charge is -2.39. The molecule has 0 fully saturated rings. The average Bonchev–Trinajstić information content (AvgIpc) is 2.82.